The molecule has 1 aliphatic heterocycles. The number of nitrogen functional groups attached to an aromatic ring is 1. The standard InChI is InChI=1S/C11H13BrN2O/c12-11-8(3-1-4-9(11)13)7-14-6-2-5-10(14)15/h1,3-4H,2,5-7,13H2. The molecule has 0 bridgehead atoms. The van der Waals surface area contributed by atoms with Crippen LogP contribution in [0, 0.1) is 0 Å². The minimum Gasteiger partial charge on any atom is -0.398 e. The van der Waals surface area contributed by atoms with Crippen LogP contribution in [0.15, 0.2) is 22.7 Å². The predicted molar refractivity (Wildman–Crippen MR) is 63.2 cm³/mol. The number of carbonyl (C=O) groups excluding carboxylic acids is 1. The second-order valence-electron chi connectivity index (χ2n) is 3.74. The lowest BCUT2D eigenvalue weighted by atomic mass is 10.2. The monoisotopic (exact) mass is 268 g/mol. The lowest BCUT2D eigenvalue weighted by molar-refractivity contribution is -0.128. The molecule has 0 unspecified atom stereocenters. The van der Waals surface area contributed by atoms with Gasteiger partial charge in [-0.25, -0.2) is 0 Å². The van der Waals surface area contributed by atoms with E-state index in [-0.39, 0.29) is 5.91 Å². The van der Waals surface area contributed by atoms with Crippen LogP contribution in [-0.4, -0.2) is 17.4 Å². The number of anilines is 1. The van der Waals surface area contributed by atoms with E-state index in [1.54, 1.807) is 0 Å². The molecule has 0 saturated carbocycles. The molecule has 1 fully saturated rings. The molecule has 1 aromatic carbocycles. The van der Waals surface area contributed by atoms with Crippen LogP contribution in [-0.2, 0) is 11.3 Å². The Hall–Kier alpha value is -1.03. The number of nitrogens with zero attached hydrogens (tertiary/aromatic N) is 1. The summed E-state index contributed by atoms with van der Waals surface area (Å²) in [6.45, 7) is 1.52. The van der Waals surface area contributed by atoms with Gasteiger partial charge in [0.05, 0.1) is 0 Å². The summed E-state index contributed by atoms with van der Waals surface area (Å²) < 4.78 is 0.907. The molecule has 1 heterocycles. The lowest BCUT2D eigenvalue weighted by Gasteiger charge is -2.17. The number of carbonyl (C=O) groups is 1. The van der Waals surface area contributed by atoms with E-state index in [9.17, 15) is 4.79 Å². The molecule has 80 valence electrons. The van der Waals surface area contributed by atoms with Crippen molar-refractivity contribution in [3.8, 4) is 0 Å². The number of nitrogens with two attached hydrogens (primary N) is 1. The van der Waals surface area contributed by atoms with Crippen molar-refractivity contribution in [2.75, 3.05) is 12.3 Å². The highest BCUT2D eigenvalue weighted by atomic mass is 79.9. The van der Waals surface area contributed by atoms with Gasteiger partial charge in [-0.2, -0.15) is 0 Å². The van der Waals surface area contributed by atoms with Gasteiger partial charge >= 0.3 is 0 Å². The fourth-order valence-electron chi connectivity index (χ4n) is 1.80. The normalized spacial score (nSPS) is 16.1. The van der Waals surface area contributed by atoms with Gasteiger partial charge in [-0.15, -0.1) is 0 Å². The van der Waals surface area contributed by atoms with E-state index in [0.717, 1.165) is 28.7 Å². The van der Waals surface area contributed by atoms with Gasteiger partial charge in [0.2, 0.25) is 5.91 Å². The highest BCUT2D eigenvalue weighted by Crippen LogP contribution is 2.26. The first-order valence-corrected chi connectivity index (χ1v) is 5.78. The van der Waals surface area contributed by atoms with Crippen molar-refractivity contribution >= 4 is 27.5 Å². The van der Waals surface area contributed by atoms with E-state index in [1.807, 2.05) is 23.1 Å². The van der Waals surface area contributed by atoms with Gasteiger partial charge < -0.3 is 10.6 Å². The number of amides is 1. The van der Waals surface area contributed by atoms with Crippen LogP contribution in [0.1, 0.15) is 18.4 Å². The molecule has 1 aromatic rings. The summed E-state index contributed by atoms with van der Waals surface area (Å²) in [5.74, 6) is 0.240. The molecule has 3 nitrogen and oxygen atoms in total. The van der Waals surface area contributed by atoms with Gasteiger partial charge in [0.25, 0.3) is 0 Å². The van der Waals surface area contributed by atoms with Crippen LogP contribution in [0.5, 0.6) is 0 Å². The number of hydrogen-bond donors (Lipinski definition) is 1. The summed E-state index contributed by atoms with van der Waals surface area (Å²) in [7, 11) is 0. The predicted octanol–water partition coefficient (Wildman–Crippen LogP) is 2.15. The first-order valence-electron chi connectivity index (χ1n) is 4.99. The lowest BCUT2D eigenvalue weighted by Crippen LogP contribution is -2.24. The summed E-state index contributed by atoms with van der Waals surface area (Å²) in [6.07, 6.45) is 1.65. The van der Waals surface area contributed by atoms with E-state index >= 15 is 0 Å². The van der Waals surface area contributed by atoms with Crippen molar-refractivity contribution in [2.45, 2.75) is 19.4 Å². The molecule has 1 saturated heterocycles. The summed E-state index contributed by atoms with van der Waals surface area (Å²) in [5, 5.41) is 0. The largest absolute Gasteiger partial charge is 0.398 e. The van der Waals surface area contributed by atoms with Crippen LogP contribution >= 0.6 is 15.9 Å². The first-order chi connectivity index (χ1) is 7.18. The van der Waals surface area contributed by atoms with Crippen molar-refractivity contribution in [1.29, 1.82) is 0 Å². The molecule has 2 N–H and O–H groups in total. The zero-order valence-electron chi connectivity index (χ0n) is 8.37. The molecule has 0 atom stereocenters. The third kappa shape index (κ3) is 2.15. The van der Waals surface area contributed by atoms with Gasteiger partial charge in [0.15, 0.2) is 0 Å². The maximum Gasteiger partial charge on any atom is 0.222 e. The van der Waals surface area contributed by atoms with Gasteiger partial charge in [0, 0.05) is 29.7 Å². The average molecular weight is 269 g/mol. The van der Waals surface area contributed by atoms with Crippen LogP contribution < -0.4 is 5.73 Å². The van der Waals surface area contributed by atoms with Crippen LogP contribution in [0.2, 0.25) is 0 Å². The molecule has 0 radical (unpaired) electrons. The number of halogens is 1. The summed E-state index contributed by atoms with van der Waals surface area (Å²) in [6, 6.07) is 5.75. The number of hydrogen-bond acceptors (Lipinski definition) is 2. The third-order valence-corrected chi connectivity index (χ3v) is 3.61. The second-order valence-corrected chi connectivity index (χ2v) is 4.53. The summed E-state index contributed by atoms with van der Waals surface area (Å²) in [5.41, 5.74) is 7.57. The van der Waals surface area contributed by atoms with Crippen molar-refractivity contribution in [1.82, 2.24) is 4.90 Å². The van der Waals surface area contributed by atoms with Crippen molar-refractivity contribution in [3.05, 3.63) is 28.2 Å². The average Bonchev–Trinajstić information content (AvgIpc) is 2.60. The molecule has 1 aliphatic rings. The van der Waals surface area contributed by atoms with E-state index < -0.39 is 0 Å². The molecule has 15 heavy (non-hydrogen) atoms. The van der Waals surface area contributed by atoms with E-state index in [1.165, 1.54) is 0 Å². The maximum atomic E-state index is 11.5. The highest BCUT2D eigenvalue weighted by Gasteiger charge is 2.20. The van der Waals surface area contributed by atoms with Gasteiger partial charge in [-0.3, -0.25) is 4.79 Å². The Balaban J connectivity index is 2.17. The topological polar surface area (TPSA) is 46.3 Å². The quantitative estimate of drug-likeness (QED) is 0.836. The number of likely N-dealkylation sites (tertiary alicyclic amines) is 1. The molecule has 1 amide bonds. The second kappa shape index (κ2) is 4.23. The van der Waals surface area contributed by atoms with Crippen LogP contribution in [0.25, 0.3) is 0 Å². The molecular formula is C11H13BrN2O. The minimum absolute atomic E-state index is 0.240. The van der Waals surface area contributed by atoms with E-state index in [0.29, 0.717) is 13.0 Å². The fraction of sp³-hybridized carbons (Fsp3) is 0.364. The molecule has 0 aromatic heterocycles. The third-order valence-electron chi connectivity index (χ3n) is 2.64. The molecule has 2 rings (SSSR count). The highest BCUT2D eigenvalue weighted by molar-refractivity contribution is 9.10. The Morgan fingerprint density at radius 1 is 1.47 bits per heavy atom. The smallest absolute Gasteiger partial charge is 0.222 e. The molecule has 4 heteroatoms. The zero-order valence-corrected chi connectivity index (χ0v) is 9.96. The Labute approximate surface area is 97.4 Å². The van der Waals surface area contributed by atoms with Gasteiger partial charge in [-0.05, 0) is 34.0 Å². The van der Waals surface area contributed by atoms with E-state index in [4.69, 9.17) is 5.73 Å². The van der Waals surface area contributed by atoms with Crippen molar-refractivity contribution in [3.63, 3.8) is 0 Å². The number of benzene rings is 1. The number of rotatable bonds is 2. The minimum atomic E-state index is 0.240. The SMILES string of the molecule is Nc1cccc(CN2CCCC2=O)c1Br. The van der Waals surface area contributed by atoms with Crippen LogP contribution in [0.4, 0.5) is 5.69 Å². The maximum absolute atomic E-state index is 11.5. The molecular weight excluding hydrogens is 256 g/mol. The Morgan fingerprint density at radius 3 is 2.93 bits per heavy atom. The summed E-state index contributed by atoms with van der Waals surface area (Å²) >= 11 is 3.44. The molecule has 0 spiro atoms. The van der Waals surface area contributed by atoms with Crippen LogP contribution in [0.3, 0.4) is 0 Å². The first kappa shape index (κ1) is 10.5. The Morgan fingerprint density at radius 2 is 2.27 bits per heavy atom. The van der Waals surface area contributed by atoms with Crippen molar-refractivity contribution < 1.29 is 4.79 Å². The van der Waals surface area contributed by atoms with E-state index in [2.05, 4.69) is 15.9 Å². The van der Waals surface area contributed by atoms with Gasteiger partial charge in [0.1, 0.15) is 0 Å². The Bertz CT molecular complexity index is 392. The zero-order chi connectivity index (χ0) is 10.8. The van der Waals surface area contributed by atoms with Gasteiger partial charge in [-0.1, -0.05) is 12.1 Å². The summed E-state index contributed by atoms with van der Waals surface area (Å²) in [4.78, 5) is 13.3. The fourth-order valence-corrected chi connectivity index (χ4v) is 2.19. The van der Waals surface area contributed by atoms with Crippen molar-refractivity contribution in [2.24, 2.45) is 0 Å². The molecule has 0 aliphatic carbocycles. The Kier molecular flexibility index (Phi) is 2.95.